The molecule has 2 aromatic carbocycles. The van der Waals surface area contributed by atoms with Crippen LogP contribution in [0.4, 0.5) is 16.2 Å². The normalized spacial score (nSPS) is 17.8. The van der Waals surface area contributed by atoms with Crippen LogP contribution in [0.15, 0.2) is 42.5 Å². The van der Waals surface area contributed by atoms with E-state index in [4.69, 9.17) is 4.74 Å². The van der Waals surface area contributed by atoms with E-state index in [2.05, 4.69) is 59.3 Å². The van der Waals surface area contributed by atoms with Crippen molar-refractivity contribution in [2.24, 2.45) is 0 Å². The molecular formula is C27H38N4O2. The van der Waals surface area contributed by atoms with Crippen molar-refractivity contribution in [3.05, 3.63) is 53.6 Å². The quantitative estimate of drug-likeness (QED) is 0.677. The molecule has 0 atom stereocenters. The fraction of sp³-hybridized carbons (Fsp3) is 0.519. The average Bonchev–Trinajstić information content (AvgIpc) is 2.85. The smallest absolute Gasteiger partial charge is 0.321 e. The Bertz CT molecular complexity index is 931. The molecule has 4 rings (SSSR count). The number of nitrogens with one attached hydrogen (secondary N) is 1. The first-order valence-electron chi connectivity index (χ1n) is 12.3. The lowest BCUT2D eigenvalue weighted by atomic mass is 9.88. The third-order valence-electron chi connectivity index (χ3n) is 6.98. The van der Waals surface area contributed by atoms with Crippen LogP contribution in [0, 0.1) is 6.92 Å². The summed E-state index contributed by atoms with van der Waals surface area (Å²) in [5, 5.41) is 3.14. The summed E-state index contributed by atoms with van der Waals surface area (Å²) in [5.74, 6) is 1.40. The highest BCUT2D eigenvalue weighted by atomic mass is 16.5. The second-order valence-electron chi connectivity index (χ2n) is 9.32. The van der Waals surface area contributed by atoms with Crippen molar-refractivity contribution >= 4 is 17.4 Å². The van der Waals surface area contributed by atoms with Crippen molar-refractivity contribution < 1.29 is 9.53 Å². The van der Waals surface area contributed by atoms with E-state index in [-0.39, 0.29) is 6.03 Å². The summed E-state index contributed by atoms with van der Waals surface area (Å²) in [4.78, 5) is 19.8. The minimum absolute atomic E-state index is 0.0206. The van der Waals surface area contributed by atoms with Crippen LogP contribution in [0.1, 0.15) is 43.2 Å². The highest BCUT2D eigenvalue weighted by molar-refractivity contribution is 5.89. The number of nitrogens with zero attached hydrogens (tertiary/aromatic N) is 3. The molecule has 0 bridgehead atoms. The number of piperazine rings is 1. The lowest BCUT2D eigenvalue weighted by Crippen LogP contribution is -2.50. The van der Waals surface area contributed by atoms with Crippen LogP contribution in [0.25, 0.3) is 0 Å². The van der Waals surface area contributed by atoms with Gasteiger partial charge in [-0.05, 0) is 93.2 Å². The van der Waals surface area contributed by atoms with E-state index in [0.29, 0.717) is 5.92 Å². The van der Waals surface area contributed by atoms with Gasteiger partial charge in [-0.1, -0.05) is 19.1 Å². The van der Waals surface area contributed by atoms with Crippen LogP contribution in [-0.4, -0.2) is 68.8 Å². The number of anilines is 2. The first-order valence-corrected chi connectivity index (χ1v) is 12.3. The summed E-state index contributed by atoms with van der Waals surface area (Å²) in [6, 6.07) is 14.6. The van der Waals surface area contributed by atoms with Crippen molar-refractivity contribution in [3.8, 4) is 5.75 Å². The molecule has 2 aliphatic heterocycles. The summed E-state index contributed by atoms with van der Waals surface area (Å²) >= 11 is 0. The second-order valence-corrected chi connectivity index (χ2v) is 9.32. The van der Waals surface area contributed by atoms with Crippen LogP contribution < -0.4 is 15.0 Å². The Labute approximate surface area is 198 Å². The number of likely N-dealkylation sites (tertiary alicyclic amines) is 1. The lowest BCUT2D eigenvalue weighted by Gasteiger charge is -2.36. The topological polar surface area (TPSA) is 48.1 Å². The first kappa shape index (κ1) is 23.4. The Morgan fingerprint density at radius 1 is 1.03 bits per heavy atom. The number of piperidine rings is 1. The van der Waals surface area contributed by atoms with Crippen LogP contribution >= 0.6 is 0 Å². The summed E-state index contributed by atoms with van der Waals surface area (Å²) in [5.41, 5.74) is 4.57. The van der Waals surface area contributed by atoms with E-state index in [0.717, 1.165) is 63.5 Å². The third kappa shape index (κ3) is 5.80. The van der Waals surface area contributed by atoms with Crippen molar-refractivity contribution in [2.75, 3.05) is 63.1 Å². The minimum atomic E-state index is -0.0206. The fourth-order valence-electron chi connectivity index (χ4n) is 5.11. The maximum atomic E-state index is 13.0. The standard InChI is InChI=1S/C27H38N4O2/c1-4-12-29-13-10-22(11-14-29)25-20-23(8-9-26(25)33-3)28-27(32)31-17-15-30(16-18-31)24-7-5-6-21(2)19-24/h5-9,19-20,22H,4,10-18H2,1-3H3,(H,28,32). The van der Waals surface area contributed by atoms with Gasteiger partial charge in [0.15, 0.2) is 0 Å². The zero-order valence-electron chi connectivity index (χ0n) is 20.3. The van der Waals surface area contributed by atoms with Gasteiger partial charge in [0, 0.05) is 37.6 Å². The number of ether oxygens (including phenoxy) is 1. The van der Waals surface area contributed by atoms with Gasteiger partial charge in [-0.3, -0.25) is 0 Å². The SMILES string of the molecule is CCCN1CCC(c2cc(NC(=O)N3CCN(c4cccc(C)c4)CC3)ccc2OC)CC1. The van der Waals surface area contributed by atoms with Gasteiger partial charge < -0.3 is 24.8 Å². The second kappa shape index (κ2) is 10.9. The summed E-state index contributed by atoms with van der Waals surface area (Å²) in [6.07, 6.45) is 3.47. The van der Waals surface area contributed by atoms with Crippen molar-refractivity contribution in [2.45, 2.75) is 39.0 Å². The fourth-order valence-corrected chi connectivity index (χ4v) is 5.11. The number of carbonyl (C=O) groups is 1. The number of rotatable bonds is 6. The number of amides is 2. The Morgan fingerprint density at radius 2 is 1.79 bits per heavy atom. The lowest BCUT2D eigenvalue weighted by molar-refractivity contribution is 0.208. The van der Waals surface area contributed by atoms with Crippen LogP contribution in [-0.2, 0) is 0 Å². The number of benzene rings is 2. The van der Waals surface area contributed by atoms with Gasteiger partial charge in [-0.15, -0.1) is 0 Å². The zero-order valence-corrected chi connectivity index (χ0v) is 20.3. The van der Waals surface area contributed by atoms with Gasteiger partial charge in [-0.2, -0.15) is 0 Å². The molecule has 2 saturated heterocycles. The Balaban J connectivity index is 1.36. The molecule has 2 aromatic rings. The average molecular weight is 451 g/mol. The van der Waals surface area contributed by atoms with Gasteiger partial charge in [0.1, 0.15) is 5.75 Å². The molecule has 0 radical (unpaired) electrons. The minimum Gasteiger partial charge on any atom is -0.496 e. The predicted octanol–water partition coefficient (Wildman–Crippen LogP) is 4.95. The number of aryl methyl sites for hydroxylation is 1. The Hall–Kier alpha value is -2.73. The summed E-state index contributed by atoms with van der Waals surface area (Å²) in [6.45, 7) is 10.9. The van der Waals surface area contributed by atoms with Crippen LogP contribution in [0.2, 0.25) is 0 Å². The number of urea groups is 1. The van der Waals surface area contributed by atoms with Crippen LogP contribution in [0.5, 0.6) is 5.75 Å². The predicted molar refractivity (Wildman–Crippen MR) is 136 cm³/mol. The van der Waals surface area contributed by atoms with E-state index in [1.807, 2.05) is 17.0 Å². The molecule has 6 nitrogen and oxygen atoms in total. The highest BCUT2D eigenvalue weighted by Gasteiger charge is 2.25. The molecule has 6 heteroatoms. The van der Waals surface area contributed by atoms with E-state index < -0.39 is 0 Å². The molecule has 0 spiro atoms. The molecule has 2 heterocycles. The van der Waals surface area contributed by atoms with Crippen LogP contribution in [0.3, 0.4) is 0 Å². The molecule has 2 fully saturated rings. The van der Waals surface area contributed by atoms with Crippen molar-refractivity contribution in [3.63, 3.8) is 0 Å². The monoisotopic (exact) mass is 450 g/mol. The number of hydrogen-bond donors (Lipinski definition) is 1. The molecule has 0 saturated carbocycles. The maximum Gasteiger partial charge on any atom is 0.321 e. The number of carbonyl (C=O) groups excluding carboxylic acids is 1. The van der Waals surface area contributed by atoms with Gasteiger partial charge in [0.2, 0.25) is 0 Å². The number of hydrogen-bond acceptors (Lipinski definition) is 4. The highest BCUT2D eigenvalue weighted by Crippen LogP contribution is 2.36. The van der Waals surface area contributed by atoms with Gasteiger partial charge >= 0.3 is 6.03 Å². The molecular weight excluding hydrogens is 412 g/mol. The maximum absolute atomic E-state index is 13.0. The molecule has 0 aliphatic carbocycles. The molecule has 33 heavy (non-hydrogen) atoms. The zero-order chi connectivity index (χ0) is 23.2. The Morgan fingerprint density at radius 3 is 2.45 bits per heavy atom. The summed E-state index contributed by atoms with van der Waals surface area (Å²) in [7, 11) is 1.73. The third-order valence-corrected chi connectivity index (χ3v) is 6.98. The first-order chi connectivity index (χ1) is 16.1. The molecule has 2 amide bonds. The Kier molecular flexibility index (Phi) is 7.76. The van der Waals surface area contributed by atoms with Gasteiger partial charge in [0.05, 0.1) is 7.11 Å². The van der Waals surface area contributed by atoms with Gasteiger partial charge in [-0.25, -0.2) is 4.79 Å². The van der Waals surface area contributed by atoms with E-state index in [1.165, 1.54) is 29.8 Å². The molecule has 1 N–H and O–H groups in total. The molecule has 0 aromatic heterocycles. The van der Waals surface area contributed by atoms with Crippen molar-refractivity contribution in [1.82, 2.24) is 9.80 Å². The molecule has 0 unspecified atom stereocenters. The largest absolute Gasteiger partial charge is 0.496 e. The van der Waals surface area contributed by atoms with E-state index in [1.54, 1.807) is 7.11 Å². The number of methoxy groups -OCH3 is 1. The van der Waals surface area contributed by atoms with Crippen molar-refractivity contribution in [1.29, 1.82) is 0 Å². The molecule has 2 aliphatic rings. The molecule has 178 valence electrons. The van der Waals surface area contributed by atoms with E-state index >= 15 is 0 Å². The van der Waals surface area contributed by atoms with Gasteiger partial charge in [0.25, 0.3) is 0 Å². The summed E-state index contributed by atoms with van der Waals surface area (Å²) < 4.78 is 5.67. The van der Waals surface area contributed by atoms with E-state index in [9.17, 15) is 4.79 Å².